The lowest BCUT2D eigenvalue weighted by Crippen LogP contribution is -2.24. The van der Waals surface area contributed by atoms with Crippen LogP contribution in [0, 0.1) is 0 Å². The van der Waals surface area contributed by atoms with Crippen molar-refractivity contribution in [1.82, 2.24) is 0 Å². The molecule has 0 aromatic heterocycles. The van der Waals surface area contributed by atoms with Gasteiger partial charge in [-0.2, -0.15) is 0 Å². The van der Waals surface area contributed by atoms with E-state index < -0.39 is 10.0 Å². The molecule has 2 rings (SSSR count). The fourth-order valence-electron chi connectivity index (χ4n) is 2.04. The highest BCUT2D eigenvalue weighted by molar-refractivity contribution is 7.92. The number of carbonyl (C=O) groups excluding carboxylic acids is 1. The van der Waals surface area contributed by atoms with Gasteiger partial charge in [0, 0.05) is 24.4 Å². The molecule has 0 fully saturated rings. The van der Waals surface area contributed by atoms with E-state index in [0.717, 1.165) is 10.6 Å². The van der Waals surface area contributed by atoms with Gasteiger partial charge in [-0.25, -0.2) is 8.42 Å². The van der Waals surface area contributed by atoms with Crippen molar-refractivity contribution >= 4 is 27.3 Å². The van der Waals surface area contributed by atoms with Crippen LogP contribution >= 0.6 is 0 Å². The van der Waals surface area contributed by atoms with Gasteiger partial charge in [0.2, 0.25) is 10.0 Å². The zero-order valence-electron chi connectivity index (χ0n) is 14.1. The van der Waals surface area contributed by atoms with Crippen molar-refractivity contribution in [2.45, 2.75) is 0 Å². The van der Waals surface area contributed by atoms with Crippen LogP contribution < -0.4 is 14.4 Å². The molecule has 7 heteroatoms. The number of sulfonamides is 1. The molecule has 0 aliphatic heterocycles. The molecule has 132 valence electrons. The molecule has 1 amide bonds. The monoisotopic (exact) mass is 360 g/mol. The van der Waals surface area contributed by atoms with Gasteiger partial charge in [0.05, 0.1) is 11.9 Å². The smallest absolute Gasteiger partial charge is 0.255 e. The average molecular weight is 360 g/mol. The van der Waals surface area contributed by atoms with Crippen molar-refractivity contribution in [3.63, 3.8) is 0 Å². The second kappa shape index (κ2) is 7.85. The van der Waals surface area contributed by atoms with Crippen LogP contribution in [0.5, 0.6) is 5.75 Å². The van der Waals surface area contributed by atoms with Crippen molar-refractivity contribution in [2.24, 2.45) is 0 Å². The summed E-state index contributed by atoms with van der Waals surface area (Å²) < 4.78 is 29.6. The molecule has 1 N–H and O–H groups in total. The summed E-state index contributed by atoms with van der Waals surface area (Å²) in [5, 5.41) is 2.78. The van der Waals surface area contributed by atoms with Crippen LogP contribution in [0.3, 0.4) is 0 Å². The molecule has 0 radical (unpaired) electrons. The SMILES string of the molecule is C=CCOc1cccc(NC(=O)c2ccc(N(C)S(C)(=O)=O)cc2)c1. The first-order valence-corrected chi connectivity index (χ1v) is 9.35. The van der Waals surface area contributed by atoms with Crippen molar-refractivity contribution in [3.8, 4) is 5.75 Å². The van der Waals surface area contributed by atoms with E-state index in [1.165, 1.54) is 7.05 Å². The van der Waals surface area contributed by atoms with Gasteiger partial charge in [0.15, 0.2) is 0 Å². The van der Waals surface area contributed by atoms with Crippen LogP contribution in [-0.2, 0) is 10.0 Å². The van der Waals surface area contributed by atoms with E-state index in [-0.39, 0.29) is 5.91 Å². The number of benzene rings is 2. The van der Waals surface area contributed by atoms with Gasteiger partial charge < -0.3 is 10.1 Å². The van der Waals surface area contributed by atoms with Gasteiger partial charge >= 0.3 is 0 Å². The van der Waals surface area contributed by atoms with Crippen molar-refractivity contribution in [3.05, 3.63) is 66.7 Å². The Balaban J connectivity index is 2.10. The van der Waals surface area contributed by atoms with E-state index in [1.807, 2.05) is 0 Å². The molecular weight excluding hydrogens is 340 g/mol. The number of nitrogens with one attached hydrogen (secondary N) is 1. The Morgan fingerprint density at radius 3 is 2.52 bits per heavy atom. The van der Waals surface area contributed by atoms with Crippen LogP contribution in [0.1, 0.15) is 10.4 Å². The molecule has 0 saturated carbocycles. The molecule has 2 aromatic carbocycles. The lowest BCUT2D eigenvalue weighted by Gasteiger charge is -2.16. The third kappa shape index (κ3) is 5.09. The molecule has 0 aliphatic carbocycles. The maximum Gasteiger partial charge on any atom is 0.255 e. The molecule has 0 unspecified atom stereocenters. The normalized spacial score (nSPS) is 10.8. The zero-order valence-corrected chi connectivity index (χ0v) is 14.9. The number of rotatable bonds is 7. The first kappa shape index (κ1) is 18.5. The summed E-state index contributed by atoms with van der Waals surface area (Å²) in [6.45, 7) is 3.97. The quantitative estimate of drug-likeness (QED) is 0.771. The Morgan fingerprint density at radius 2 is 1.92 bits per heavy atom. The second-order valence-corrected chi connectivity index (χ2v) is 7.37. The largest absolute Gasteiger partial charge is 0.489 e. The van der Waals surface area contributed by atoms with E-state index in [9.17, 15) is 13.2 Å². The van der Waals surface area contributed by atoms with Crippen LogP contribution in [0.25, 0.3) is 0 Å². The minimum Gasteiger partial charge on any atom is -0.489 e. The minimum atomic E-state index is -3.34. The number of hydrogen-bond acceptors (Lipinski definition) is 4. The fourth-order valence-corrected chi connectivity index (χ4v) is 2.54. The number of carbonyl (C=O) groups is 1. The summed E-state index contributed by atoms with van der Waals surface area (Å²) >= 11 is 0. The van der Waals surface area contributed by atoms with Gasteiger partial charge in [-0.3, -0.25) is 9.10 Å². The standard InChI is InChI=1S/C18H20N2O4S/c1-4-12-24-17-7-5-6-15(13-17)19-18(21)14-8-10-16(11-9-14)20(2)25(3,22)23/h4-11,13H,1,12H2,2-3H3,(H,19,21). The molecule has 0 bridgehead atoms. The van der Waals surface area contributed by atoms with Gasteiger partial charge in [-0.15, -0.1) is 0 Å². The third-order valence-electron chi connectivity index (χ3n) is 3.45. The minimum absolute atomic E-state index is 0.297. The molecule has 6 nitrogen and oxygen atoms in total. The van der Waals surface area contributed by atoms with Crippen molar-refractivity contribution in [1.29, 1.82) is 0 Å². The number of anilines is 2. The number of nitrogens with zero attached hydrogens (tertiary/aromatic N) is 1. The number of ether oxygens (including phenoxy) is 1. The molecule has 25 heavy (non-hydrogen) atoms. The highest BCUT2D eigenvalue weighted by Gasteiger charge is 2.13. The molecule has 0 spiro atoms. The summed E-state index contributed by atoms with van der Waals surface area (Å²) in [6, 6.07) is 13.3. The maximum atomic E-state index is 12.3. The molecular formula is C18H20N2O4S. The van der Waals surface area contributed by atoms with Crippen LogP contribution in [0.2, 0.25) is 0 Å². The lowest BCUT2D eigenvalue weighted by molar-refractivity contribution is 0.102. The van der Waals surface area contributed by atoms with Crippen LogP contribution in [0.15, 0.2) is 61.2 Å². The Hall–Kier alpha value is -2.80. The molecule has 0 saturated heterocycles. The molecule has 2 aromatic rings. The van der Waals surface area contributed by atoms with Crippen molar-refractivity contribution in [2.75, 3.05) is 29.5 Å². The summed E-state index contributed by atoms with van der Waals surface area (Å²) in [5.74, 6) is 0.331. The Morgan fingerprint density at radius 1 is 1.24 bits per heavy atom. The second-order valence-electron chi connectivity index (χ2n) is 5.36. The summed E-state index contributed by atoms with van der Waals surface area (Å²) in [6.07, 6.45) is 2.76. The molecule has 0 atom stereocenters. The Kier molecular flexibility index (Phi) is 5.82. The first-order valence-electron chi connectivity index (χ1n) is 7.50. The van der Waals surface area contributed by atoms with Gasteiger partial charge in [-0.1, -0.05) is 18.7 Å². The van der Waals surface area contributed by atoms with E-state index >= 15 is 0 Å². The predicted octanol–water partition coefficient (Wildman–Crippen LogP) is 2.90. The van der Waals surface area contributed by atoms with Crippen LogP contribution in [0.4, 0.5) is 11.4 Å². The van der Waals surface area contributed by atoms with E-state index in [2.05, 4.69) is 11.9 Å². The lowest BCUT2D eigenvalue weighted by atomic mass is 10.2. The number of hydrogen-bond donors (Lipinski definition) is 1. The van der Waals surface area contributed by atoms with Gasteiger partial charge in [0.25, 0.3) is 5.91 Å². The highest BCUT2D eigenvalue weighted by Crippen LogP contribution is 2.20. The van der Waals surface area contributed by atoms with Crippen LogP contribution in [-0.4, -0.2) is 34.2 Å². The Bertz CT molecular complexity index is 861. The van der Waals surface area contributed by atoms with Crippen molar-refractivity contribution < 1.29 is 17.9 Å². The Labute approximate surface area is 147 Å². The highest BCUT2D eigenvalue weighted by atomic mass is 32.2. The first-order chi connectivity index (χ1) is 11.8. The van der Waals surface area contributed by atoms with Gasteiger partial charge in [-0.05, 0) is 36.4 Å². The van der Waals surface area contributed by atoms with Gasteiger partial charge in [0.1, 0.15) is 12.4 Å². The van der Waals surface area contributed by atoms with E-state index in [1.54, 1.807) is 54.6 Å². The predicted molar refractivity (Wildman–Crippen MR) is 99.8 cm³/mol. The summed E-state index contributed by atoms with van der Waals surface area (Å²) in [4.78, 5) is 12.3. The van der Waals surface area contributed by atoms with E-state index in [4.69, 9.17) is 4.74 Å². The number of amides is 1. The topological polar surface area (TPSA) is 75.7 Å². The average Bonchev–Trinajstić information content (AvgIpc) is 2.59. The third-order valence-corrected chi connectivity index (χ3v) is 4.66. The fraction of sp³-hybridized carbons (Fsp3) is 0.167. The summed E-state index contributed by atoms with van der Waals surface area (Å²) in [5.41, 5.74) is 1.51. The molecule has 0 aliphatic rings. The molecule has 0 heterocycles. The van der Waals surface area contributed by atoms with E-state index in [0.29, 0.717) is 29.3 Å². The maximum absolute atomic E-state index is 12.3. The zero-order chi connectivity index (χ0) is 18.4. The summed E-state index contributed by atoms with van der Waals surface area (Å²) in [7, 11) is -1.88.